The number of hydrogen-bond acceptors (Lipinski definition) is 4. The average Bonchev–Trinajstić information content (AvgIpc) is 2.80. The molecule has 0 radical (unpaired) electrons. The molecule has 1 rings (SSSR count). The molecular formula is C16H27N3O2. The summed E-state index contributed by atoms with van der Waals surface area (Å²) in [4.78, 5) is 15.3. The maximum Gasteiger partial charge on any atom is 0.211 e. The lowest BCUT2D eigenvalue weighted by Gasteiger charge is -2.32. The van der Waals surface area contributed by atoms with Gasteiger partial charge in [0.1, 0.15) is 19.3 Å². The molecule has 0 aliphatic carbocycles. The van der Waals surface area contributed by atoms with E-state index in [1.165, 1.54) is 25.7 Å². The molecule has 118 valence electrons. The van der Waals surface area contributed by atoms with Crippen LogP contribution in [0.15, 0.2) is 29.5 Å². The number of carbonyl (C=O) groups excluding carboxylic acids is 1. The second-order valence-corrected chi connectivity index (χ2v) is 5.44. The van der Waals surface area contributed by atoms with Gasteiger partial charge in [-0.15, -0.1) is 0 Å². The molecule has 0 saturated heterocycles. The number of carboxylic acid groups (broad SMARTS) is 1. The zero-order valence-electron chi connectivity index (χ0n) is 13.0. The molecule has 1 heterocycles. The van der Waals surface area contributed by atoms with Crippen LogP contribution in [0.4, 0.5) is 0 Å². The summed E-state index contributed by atoms with van der Waals surface area (Å²) in [6.45, 7) is 3.05. The van der Waals surface area contributed by atoms with Crippen molar-refractivity contribution in [3.8, 4) is 0 Å². The van der Waals surface area contributed by atoms with Crippen molar-refractivity contribution in [1.29, 1.82) is 0 Å². The van der Waals surface area contributed by atoms with Crippen molar-refractivity contribution in [2.24, 2.45) is 10.7 Å². The molecule has 0 amide bonds. The molecule has 1 unspecified atom stereocenters. The Morgan fingerprint density at radius 3 is 2.86 bits per heavy atom. The predicted octanol–water partition coefficient (Wildman–Crippen LogP) is 1.31. The zero-order valence-corrected chi connectivity index (χ0v) is 13.0. The number of aliphatic imine (C=N–C) groups is 1. The van der Waals surface area contributed by atoms with Gasteiger partial charge in [0.25, 0.3) is 0 Å². The van der Waals surface area contributed by atoms with Crippen molar-refractivity contribution >= 4 is 11.8 Å². The van der Waals surface area contributed by atoms with Crippen LogP contribution < -0.4 is 10.8 Å². The van der Waals surface area contributed by atoms with Gasteiger partial charge in [0.05, 0.1) is 18.6 Å². The van der Waals surface area contributed by atoms with Crippen LogP contribution in [-0.2, 0) is 4.79 Å². The second kappa shape index (κ2) is 9.47. The SMILES string of the molecule is CCCCCC/C=C/CC1=NC=C[N+]1(CCN)CC(=O)[O-]. The number of hydrogen-bond donors (Lipinski definition) is 1. The highest BCUT2D eigenvalue weighted by Crippen LogP contribution is 2.19. The average molecular weight is 293 g/mol. The summed E-state index contributed by atoms with van der Waals surface area (Å²) in [6.07, 6.45) is 14.4. The van der Waals surface area contributed by atoms with Crippen molar-refractivity contribution in [3.05, 3.63) is 24.6 Å². The summed E-state index contributed by atoms with van der Waals surface area (Å²) in [5, 5.41) is 11.0. The number of quaternary nitrogens is 1. The molecule has 1 aliphatic rings. The van der Waals surface area contributed by atoms with Gasteiger partial charge >= 0.3 is 0 Å². The van der Waals surface area contributed by atoms with Gasteiger partial charge in [0.2, 0.25) is 5.84 Å². The lowest BCUT2D eigenvalue weighted by Crippen LogP contribution is -2.54. The van der Waals surface area contributed by atoms with E-state index in [4.69, 9.17) is 5.73 Å². The van der Waals surface area contributed by atoms with Crippen LogP contribution in [0.5, 0.6) is 0 Å². The van der Waals surface area contributed by atoms with Gasteiger partial charge in [-0.25, -0.2) is 9.48 Å². The smallest absolute Gasteiger partial charge is 0.211 e. The van der Waals surface area contributed by atoms with E-state index in [2.05, 4.69) is 24.1 Å². The molecule has 0 bridgehead atoms. The molecule has 0 spiro atoms. The minimum absolute atomic E-state index is 0.100. The fraction of sp³-hybridized carbons (Fsp3) is 0.625. The third kappa shape index (κ3) is 5.81. The predicted molar refractivity (Wildman–Crippen MR) is 83.1 cm³/mol. The van der Waals surface area contributed by atoms with E-state index in [1.807, 2.05) is 0 Å². The van der Waals surface area contributed by atoms with Gasteiger partial charge in [-0.2, -0.15) is 0 Å². The van der Waals surface area contributed by atoms with Crippen LogP contribution in [0.3, 0.4) is 0 Å². The summed E-state index contributed by atoms with van der Waals surface area (Å²) in [6, 6.07) is 0. The zero-order chi connectivity index (χ0) is 15.6. The number of amidine groups is 1. The Morgan fingerprint density at radius 2 is 2.19 bits per heavy atom. The number of carboxylic acids is 1. The number of carbonyl (C=O) groups is 1. The van der Waals surface area contributed by atoms with Crippen LogP contribution >= 0.6 is 0 Å². The van der Waals surface area contributed by atoms with Gasteiger partial charge in [0, 0.05) is 6.54 Å². The molecule has 0 aromatic rings. The van der Waals surface area contributed by atoms with Crippen molar-refractivity contribution in [3.63, 3.8) is 0 Å². The highest BCUT2D eigenvalue weighted by molar-refractivity contribution is 5.82. The van der Waals surface area contributed by atoms with Gasteiger partial charge in [0.15, 0.2) is 0 Å². The molecule has 0 aromatic carbocycles. The Morgan fingerprint density at radius 1 is 1.38 bits per heavy atom. The standard InChI is InChI=1S/C16H27N3O2/c1-2-3-4-5-6-7-8-9-15-18-11-13-19(15,12-10-17)14-16(20)21/h7-8,11,13H,2-6,9-10,12,14,17H2,1H3/b8-7+. The fourth-order valence-electron chi connectivity index (χ4n) is 2.57. The summed E-state index contributed by atoms with van der Waals surface area (Å²) < 4.78 is 0.193. The lowest BCUT2D eigenvalue weighted by molar-refractivity contribution is -0.780. The Labute approximate surface area is 127 Å². The number of aliphatic carboxylic acids is 1. The molecule has 0 saturated carbocycles. The largest absolute Gasteiger partial charge is 0.544 e. The van der Waals surface area contributed by atoms with Crippen molar-refractivity contribution in [2.45, 2.75) is 45.4 Å². The Balaban J connectivity index is 2.49. The van der Waals surface area contributed by atoms with E-state index in [-0.39, 0.29) is 11.0 Å². The molecule has 0 fully saturated rings. The van der Waals surface area contributed by atoms with E-state index in [0.717, 1.165) is 12.3 Å². The monoisotopic (exact) mass is 293 g/mol. The van der Waals surface area contributed by atoms with Crippen LogP contribution in [-0.4, -0.2) is 35.9 Å². The molecule has 2 N–H and O–H groups in total. The first-order valence-electron chi connectivity index (χ1n) is 7.81. The lowest BCUT2D eigenvalue weighted by atomic mass is 10.1. The van der Waals surface area contributed by atoms with Gasteiger partial charge in [-0.05, 0) is 12.8 Å². The third-order valence-electron chi connectivity index (χ3n) is 3.72. The van der Waals surface area contributed by atoms with E-state index < -0.39 is 5.97 Å². The fourth-order valence-corrected chi connectivity index (χ4v) is 2.57. The topological polar surface area (TPSA) is 78.5 Å². The number of unbranched alkanes of at least 4 members (excludes halogenated alkanes) is 4. The first-order valence-corrected chi connectivity index (χ1v) is 7.81. The summed E-state index contributed by atoms with van der Waals surface area (Å²) in [5.74, 6) is -0.249. The normalized spacial score (nSPS) is 21.1. The summed E-state index contributed by atoms with van der Waals surface area (Å²) >= 11 is 0. The van der Waals surface area contributed by atoms with Crippen molar-refractivity contribution in [2.75, 3.05) is 19.6 Å². The minimum Gasteiger partial charge on any atom is -0.544 e. The molecule has 21 heavy (non-hydrogen) atoms. The number of nitrogens with two attached hydrogens (primary N) is 1. The number of allylic oxidation sites excluding steroid dienone is 1. The van der Waals surface area contributed by atoms with E-state index >= 15 is 0 Å². The highest BCUT2D eigenvalue weighted by atomic mass is 16.4. The van der Waals surface area contributed by atoms with Crippen LogP contribution in [0.1, 0.15) is 45.4 Å². The van der Waals surface area contributed by atoms with Gasteiger partial charge < -0.3 is 15.6 Å². The highest BCUT2D eigenvalue weighted by Gasteiger charge is 2.33. The van der Waals surface area contributed by atoms with Crippen LogP contribution in [0.2, 0.25) is 0 Å². The molecule has 0 aromatic heterocycles. The number of nitrogens with zero attached hydrogens (tertiary/aromatic N) is 2. The van der Waals surface area contributed by atoms with Crippen LogP contribution in [0.25, 0.3) is 0 Å². The maximum absolute atomic E-state index is 11.0. The molecule has 5 heteroatoms. The minimum atomic E-state index is -1.08. The Bertz CT molecular complexity index is 416. The third-order valence-corrected chi connectivity index (χ3v) is 3.72. The summed E-state index contributed by atoms with van der Waals surface area (Å²) in [5.41, 5.74) is 5.62. The van der Waals surface area contributed by atoms with Crippen molar-refractivity contribution in [1.82, 2.24) is 0 Å². The molecule has 1 aliphatic heterocycles. The van der Waals surface area contributed by atoms with Crippen LogP contribution in [0, 0.1) is 0 Å². The van der Waals surface area contributed by atoms with Gasteiger partial charge in [-0.3, -0.25) is 0 Å². The number of rotatable bonds is 11. The van der Waals surface area contributed by atoms with Gasteiger partial charge in [-0.1, -0.05) is 38.3 Å². The maximum atomic E-state index is 11.0. The Hall–Kier alpha value is -1.46. The first-order chi connectivity index (χ1) is 10.1. The van der Waals surface area contributed by atoms with E-state index in [9.17, 15) is 9.90 Å². The molecular weight excluding hydrogens is 266 g/mol. The quantitative estimate of drug-likeness (QED) is 0.354. The molecule has 5 nitrogen and oxygen atoms in total. The first kappa shape index (κ1) is 17.6. The Kier molecular flexibility index (Phi) is 7.93. The second-order valence-electron chi connectivity index (χ2n) is 5.44. The van der Waals surface area contributed by atoms with E-state index in [0.29, 0.717) is 19.5 Å². The van der Waals surface area contributed by atoms with E-state index in [1.54, 1.807) is 12.4 Å². The summed E-state index contributed by atoms with van der Waals surface area (Å²) in [7, 11) is 0. The molecule has 1 atom stereocenters. The van der Waals surface area contributed by atoms with Crippen molar-refractivity contribution < 1.29 is 14.4 Å².